The number of hydrogen-bond donors (Lipinski definition) is 1. The number of H-pyrrole nitrogens is 1. The van der Waals surface area contributed by atoms with E-state index in [1.54, 1.807) is 4.57 Å². The number of nitrogens with one attached hydrogen (secondary N) is 1. The topological polar surface area (TPSA) is 77.6 Å². The molecule has 0 unspecified atom stereocenters. The molecular formula is C33H32ClN5O2. The van der Waals surface area contributed by atoms with Crippen LogP contribution in [0.25, 0.3) is 44.5 Å². The fraction of sp³-hybridized carbons (Fsp3) is 0.242. The fourth-order valence-corrected chi connectivity index (χ4v) is 5.95. The molecule has 3 aromatic heterocycles. The highest BCUT2D eigenvalue weighted by molar-refractivity contribution is 6.29. The number of rotatable bonds is 10. The molecule has 8 heteroatoms. The van der Waals surface area contributed by atoms with E-state index in [4.69, 9.17) is 11.6 Å². The van der Waals surface area contributed by atoms with Gasteiger partial charge in [0.05, 0.1) is 5.69 Å². The molecule has 1 N–H and O–H groups in total. The third-order valence-electron chi connectivity index (χ3n) is 7.66. The number of unbranched alkanes of at least 4 members (excludes halogenated alkanes) is 2. The number of aromatic nitrogens is 5. The summed E-state index contributed by atoms with van der Waals surface area (Å²) in [5.41, 5.74) is 5.55. The van der Waals surface area contributed by atoms with Crippen LogP contribution in [-0.2, 0) is 19.6 Å². The lowest BCUT2D eigenvalue weighted by Gasteiger charge is -2.15. The Kier molecular flexibility index (Phi) is 7.61. The van der Waals surface area contributed by atoms with E-state index in [9.17, 15) is 9.59 Å². The van der Waals surface area contributed by atoms with Gasteiger partial charge in [-0.25, -0.2) is 4.79 Å². The van der Waals surface area contributed by atoms with Crippen LogP contribution in [0.15, 0.2) is 94.5 Å². The van der Waals surface area contributed by atoms with E-state index in [0.717, 1.165) is 41.6 Å². The molecule has 0 aliphatic heterocycles. The third kappa shape index (κ3) is 5.02. The molecule has 0 saturated carbocycles. The number of imidazole rings is 1. The predicted molar refractivity (Wildman–Crippen MR) is 167 cm³/mol. The number of aromatic amines is 1. The number of nitrogens with zero attached hydrogens (tertiary/aromatic N) is 4. The van der Waals surface area contributed by atoms with Crippen LogP contribution < -0.4 is 11.2 Å². The minimum absolute atomic E-state index is 0.109. The van der Waals surface area contributed by atoms with Crippen LogP contribution in [0.1, 0.15) is 32.6 Å². The van der Waals surface area contributed by atoms with E-state index in [1.807, 2.05) is 12.1 Å². The second-order valence-electron chi connectivity index (χ2n) is 10.3. The summed E-state index contributed by atoms with van der Waals surface area (Å²) in [6, 6.07) is 29.3. The third-order valence-corrected chi connectivity index (χ3v) is 7.84. The monoisotopic (exact) mass is 565 g/mol. The standard InChI is InChI=1S/C33H32ClN5O2/c1-2-3-12-20-38-30-28(35-32(34)36-30)31(40)39(33(38)41)22-13-21-37-26-19-11-10-18-25(26)27(23-14-6-4-7-15-23)29(37)24-16-8-5-9-17-24/h4-11,14-19H,2-3,12-13,20-22H2,1H3,(H,35,36). The predicted octanol–water partition coefficient (Wildman–Crippen LogP) is 7.11. The molecule has 0 atom stereocenters. The molecule has 208 valence electrons. The maximum absolute atomic E-state index is 13.6. The molecule has 0 saturated heterocycles. The minimum Gasteiger partial charge on any atom is -0.340 e. The molecule has 6 rings (SSSR count). The van der Waals surface area contributed by atoms with Gasteiger partial charge in [-0.15, -0.1) is 0 Å². The number of aryl methyl sites for hydroxylation is 2. The summed E-state index contributed by atoms with van der Waals surface area (Å²) in [7, 11) is 0. The molecule has 0 aliphatic carbocycles. The largest absolute Gasteiger partial charge is 0.340 e. The first-order valence-electron chi connectivity index (χ1n) is 14.2. The summed E-state index contributed by atoms with van der Waals surface area (Å²) in [4.78, 5) is 34.1. The molecular weight excluding hydrogens is 534 g/mol. The minimum atomic E-state index is -0.387. The highest BCUT2D eigenvalue weighted by atomic mass is 35.5. The summed E-state index contributed by atoms with van der Waals surface area (Å²) in [6.45, 7) is 3.51. The average Bonchev–Trinajstić information content (AvgIpc) is 3.55. The zero-order valence-corrected chi connectivity index (χ0v) is 23.8. The molecule has 3 heterocycles. The van der Waals surface area contributed by atoms with Gasteiger partial charge in [0.1, 0.15) is 0 Å². The lowest BCUT2D eigenvalue weighted by atomic mass is 9.98. The Morgan fingerprint density at radius 3 is 2.10 bits per heavy atom. The molecule has 0 radical (unpaired) electrons. The van der Waals surface area contributed by atoms with Gasteiger partial charge in [0.15, 0.2) is 11.2 Å². The summed E-state index contributed by atoms with van der Waals surface area (Å²) < 4.78 is 5.24. The van der Waals surface area contributed by atoms with Crippen LogP contribution in [-0.4, -0.2) is 23.7 Å². The Hall–Kier alpha value is -4.36. The normalized spacial score (nSPS) is 11.6. The molecule has 0 spiro atoms. The first-order valence-corrected chi connectivity index (χ1v) is 14.6. The van der Waals surface area contributed by atoms with E-state index >= 15 is 0 Å². The van der Waals surface area contributed by atoms with Gasteiger partial charge >= 0.3 is 5.69 Å². The van der Waals surface area contributed by atoms with Crippen molar-refractivity contribution >= 4 is 33.7 Å². The maximum atomic E-state index is 13.6. The first-order chi connectivity index (χ1) is 20.1. The smallest absolute Gasteiger partial charge is 0.332 e. The number of benzene rings is 3. The van der Waals surface area contributed by atoms with Gasteiger partial charge < -0.3 is 9.55 Å². The van der Waals surface area contributed by atoms with Crippen LogP contribution in [0.5, 0.6) is 0 Å². The SMILES string of the molecule is CCCCCn1c(=O)n(CCCn2c(-c3ccccc3)c(-c3ccccc3)c3ccccc32)c(=O)c2[nH]c(Cl)nc21. The molecule has 6 aromatic rings. The summed E-state index contributed by atoms with van der Waals surface area (Å²) in [5, 5.41) is 1.28. The molecule has 3 aromatic carbocycles. The van der Waals surface area contributed by atoms with Crippen molar-refractivity contribution in [1.82, 2.24) is 23.7 Å². The number of fused-ring (bicyclic) bond motifs is 2. The first kappa shape index (κ1) is 26.8. The van der Waals surface area contributed by atoms with E-state index < -0.39 is 0 Å². The van der Waals surface area contributed by atoms with Crippen LogP contribution in [0.3, 0.4) is 0 Å². The molecule has 0 fully saturated rings. The van der Waals surface area contributed by atoms with Gasteiger partial charge in [0.2, 0.25) is 5.28 Å². The Balaban J connectivity index is 1.42. The number of hydrogen-bond acceptors (Lipinski definition) is 3. The summed E-state index contributed by atoms with van der Waals surface area (Å²) >= 11 is 6.13. The van der Waals surface area contributed by atoms with Crippen LogP contribution in [0, 0.1) is 0 Å². The van der Waals surface area contributed by atoms with Gasteiger partial charge in [-0.05, 0) is 41.6 Å². The molecule has 0 aliphatic rings. The van der Waals surface area contributed by atoms with Gasteiger partial charge in [-0.3, -0.25) is 13.9 Å². The van der Waals surface area contributed by atoms with E-state index in [-0.39, 0.29) is 28.6 Å². The quantitative estimate of drug-likeness (QED) is 0.142. The van der Waals surface area contributed by atoms with Gasteiger partial charge in [-0.2, -0.15) is 4.98 Å². The van der Waals surface area contributed by atoms with Gasteiger partial charge in [0, 0.05) is 36.1 Å². The van der Waals surface area contributed by atoms with Crippen molar-refractivity contribution in [2.45, 2.75) is 52.2 Å². The van der Waals surface area contributed by atoms with Crippen molar-refractivity contribution in [3.05, 3.63) is 111 Å². The molecule has 0 amide bonds. The van der Waals surface area contributed by atoms with Crippen molar-refractivity contribution in [1.29, 1.82) is 0 Å². The molecule has 7 nitrogen and oxygen atoms in total. The highest BCUT2D eigenvalue weighted by Crippen LogP contribution is 2.41. The number of para-hydroxylation sites is 1. The Morgan fingerprint density at radius 1 is 0.732 bits per heavy atom. The zero-order valence-electron chi connectivity index (χ0n) is 23.0. The second kappa shape index (κ2) is 11.6. The molecule has 0 bridgehead atoms. The Bertz CT molecular complexity index is 1930. The average molecular weight is 566 g/mol. The van der Waals surface area contributed by atoms with Crippen molar-refractivity contribution in [3.8, 4) is 22.4 Å². The van der Waals surface area contributed by atoms with Crippen molar-refractivity contribution in [2.75, 3.05) is 0 Å². The van der Waals surface area contributed by atoms with Crippen LogP contribution in [0.4, 0.5) is 0 Å². The van der Waals surface area contributed by atoms with Crippen molar-refractivity contribution in [2.24, 2.45) is 0 Å². The van der Waals surface area contributed by atoms with Crippen molar-refractivity contribution in [3.63, 3.8) is 0 Å². The lowest BCUT2D eigenvalue weighted by Crippen LogP contribution is -2.40. The van der Waals surface area contributed by atoms with Crippen LogP contribution in [0.2, 0.25) is 5.28 Å². The van der Waals surface area contributed by atoms with Crippen LogP contribution >= 0.6 is 11.6 Å². The fourth-order valence-electron chi connectivity index (χ4n) is 5.77. The highest BCUT2D eigenvalue weighted by Gasteiger charge is 2.21. The van der Waals surface area contributed by atoms with E-state index in [2.05, 4.69) is 94.3 Å². The molecule has 41 heavy (non-hydrogen) atoms. The lowest BCUT2D eigenvalue weighted by molar-refractivity contribution is 0.507. The Labute approximate surface area is 242 Å². The second-order valence-corrected chi connectivity index (χ2v) is 10.7. The number of halogens is 1. The van der Waals surface area contributed by atoms with Crippen molar-refractivity contribution < 1.29 is 0 Å². The van der Waals surface area contributed by atoms with E-state index in [0.29, 0.717) is 25.2 Å². The van der Waals surface area contributed by atoms with Gasteiger partial charge in [0.25, 0.3) is 5.56 Å². The Morgan fingerprint density at radius 2 is 1.37 bits per heavy atom. The van der Waals surface area contributed by atoms with Gasteiger partial charge in [-0.1, -0.05) is 98.6 Å². The summed E-state index contributed by atoms with van der Waals surface area (Å²) in [6.07, 6.45) is 3.42. The maximum Gasteiger partial charge on any atom is 0.332 e. The zero-order chi connectivity index (χ0) is 28.3. The summed E-state index contributed by atoms with van der Waals surface area (Å²) in [5.74, 6) is 0. The van der Waals surface area contributed by atoms with E-state index in [1.165, 1.54) is 15.5 Å².